The van der Waals surface area contributed by atoms with E-state index in [4.69, 9.17) is 23.2 Å². The average molecular weight is 958 g/mol. The maximum absolute atomic E-state index is 15.0. The Hall–Kier alpha value is -8.06. The third-order valence-electron chi connectivity index (χ3n) is 11.5. The predicted octanol–water partition coefficient (Wildman–Crippen LogP) is 9.83. The summed E-state index contributed by atoms with van der Waals surface area (Å²) in [7, 11) is 0. The second-order valence-electron chi connectivity index (χ2n) is 16.6. The molecule has 0 aliphatic rings. The number of aromatic amines is 2. The van der Waals surface area contributed by atoms with Gasteiger partial charge in [0.2, 0.25) is 0 Å². The molecule has 16 nitrogen and oxygen atoms in total. The molecule has 2 atom stereocenters. The number of nitrogens with zero attached hydrogens (tertiary/aromatic N) is 8. The highest BCUT2D eigenvalue weighted by Gasteiger charge is 2.37. The molecule has 1 unspecified atom stereocenters. The van der Waals surface area contributed by atoms with Crippen LogP contribution in [0.5, 0.6) is 0 Å². The third kappa shape index (κ3) is 10.2. The maximum atomic E-state index is 15.0. The zero-order chi connectivity index (χ0) is 48.9. The minimum absolute atomic E-state index is 0.0164. The fraction of sp³-hybridized carbons (Fsp3) is 0.208. The first-order valence-electron chi connectivity index (χ1n) is 20.7. The zero-order valence-electron chi connectivity index (χ0n) is 36.6. The summed E-state index contributed by atoms with van der Waals surface area (Å²) in [5, 5.41) is 46.3. The van der Waals surface area contributed by atoms with Crippen molar-refractivity contribution in [3.8, 4) is 34.7 Å². The van der Waals surface area contributed by atoms with Crippen molar-refractivity contribution in [3.05, 3.63) is 142 Å². The molecule has 0 bridgehead atoms. The Kier molecular flexibility index (Phi) is 14.0. The SMILES string of the molecule is CC(C)(c1ccccn1)C(CC(=O)O)Nc1nc(-c2c[nH]c3ncc(Cl)cc23)c(C#N)cc1F.CC(C)(c1ccccn1)[C@H](CC(=O)O)Nc1nc(-c2c[nH]c3ncc(Cl)cc23)c(C#N)cc1F. The number of carboxylic acid groups (broad SMARTS) is 2. The summed E-state index contributed by atoms with van der Waals surface area (Å²) in [5.41, 5.74) is 2.25. The van der Waals surface area contributed by atoms with Crippen LogP contribution in [0.1, 0.15) is 63.1 Å². The lowest BCUT2D eigenvalue weighted by molar-refractivity contribution is -0.138. The van der Waals surface area contributed by atoms with Gasteiger partial charge < -0.3 is 30.8 Å². The molecule has 0 amide bonds. The summed E-state index contributed by atoms with van der Waals surface area (Å²) in [6.07, 6.45) is 8.80. The lowest BCUT2D eigenvalue weighted by Gasteiger charge is -2.34. The number of hydrogen-bond donors (Lipinski definition) is 6. The number of carbonyl (C=O) groups is 2. The van der Waals surface area contributed by atoms with Crippen LogP contribution in [0.4, 0.5) is 20.4 Å². The summed E-state index contributed by atoms with van der Waals surface area (Å²) < 4.78 is 30.1. The highest BCUT2D eigenvalue weighted by molar-refractivity contribution is 6.31. The van der Waals surface area contributed by atoms with Gasteiger partial charge in [0, 0.05) is 93.4 Å². The van der Waals surface area contributed by atoms with Gasteiger partial charge in [0.05, 0.1) is 45.4 Å². The van der Waals surface area contributed by atoms with E-state index in [1.807, 2.05) is 39.8 Å². The number of hydrogen-bond acceptors (Lipinski definition) is 12. The fourth-order valence-electron chi connectivity index (χ4n) is 7.61. The number of anilines is 2. The lowest BCUT2D eigenvalue weighted by atomic mass is 9.79. The van der Waals surface area contributed by atoms with E-state index < -0.39 is 46.5 Å². The van der Waals surface area contributed by atoms with Crippen molar-refractivity contribution >= 4 is 68.8 Å². The van der Waals surface area contributed by atoms with Gasteiger partial charge in [-0.1, -0.05) is 63.0 Å². The minimum Gasteiger partial charge on any atom is -0.481 e. The topological polar surface area (TPSA) is 255 Å². The molecule has 0 aliphatic carbocycles. The van der Waals surface area contributed by atoms with Gasteiger partial charge in [-0.15, -0.1) is 0 Å². The molecule has 0 fully saturated rings. The first kappa shape index (κ1) is 47.9. The Bertz CT molecular complexity index is 3050. The molecule has 0 aliphatic heterocycles. The number of nitriles is 2. The van der Waals surface area contributed by atoms with E-state index in [2.05, 4.69) is 50.5 Å². The van der Waals surface area contributed by atoms with Crippen LogP contribution < -0.4 is 10.6 Å². The summed E-state index contributed by atoms with van der Waals surface area (Å²) in [5.74, 6) is -4.02. The first-order valence-corrected chi connectivity index (χ1v) is 21.4. The number of rotatable bonds is 14. The number of pyridine rings is 6. The number of aliphatic carboxylic acids is 2. The van der Waals surface area contributed by atoms with Crippen molar-refractivity contribution in [1.29, 1.82) is 10.5 Å². The molecular formula is C48H40Cl2F2N12O4. The quantitative estimate of drug-likeness (QED) is 0.0593. The number of halogens is 4. The standard InChI is InChI=1S/2C24H20ClFN6O2/c2*1-24(2,18-5-3-4-6-28-18)19(9-20(33)34)31-23-17(26)7-13(10-27)21(32-23)16-12-30-22-15(16)8-14(25)11-29-22/h2*3-8,11-12,19H,9H2,1-2H3,(H,29,30)(H,31,32)(H,33,34)/t19-;/m0./s1. The van der Waals surface area contributed by atoms with Crippen LogP contribution in [0.25, 0.3) is 44.6 Å². The Morgan fingerprint density at radius 1 is 0.676 bits per heavy atom. The number of fused-ring (bicyclic) bond motifs is 2. The molecule has 0 radical (unpaired) electrons. The van der Waals surface area contributed by atoms with Crippen molar-refractivity contribution in [1.82, 2.24) is 39.9 Å². The third-order valence-corrected chi connectivity index (χ3v) is 11.9. The highest BCUT2D eigenvalue weighted by Crippen LogP contribution is 2.37. The molecule has 68 heavy (non-hydrogen) atoms. The van der Waals surface area contributed by atoms with Crippen LogP contribution in [0.2, 0.25) is 10.0 Å². The zero-order valence-corrected chi connectivity index (χ0v) is 38.1. The van der Waals surface area contributed by atoms with E-state index in [1.165, 1.54) is 12.4 Å². The molecule has 20 heteroatoms. The molecule has 8 aromatic heterocycles. The van der Waals surface area contributed by atoms with Crippen molar-refractivity contribution in [2.45, 2.75) is 63.5 Å². The second kappa shape index (κ2) is 19.8. The normalized spacial score (nSPS) is 12.3. The van der Waals surface area contributed by atoms with Crippen LogP contribution in [0.3, 0.4) is 0 Å². The Morgan fingerprint density at radius 2 is 1.07 bits per heavy atom. The van der Waals surface area contributed by atoms with Gasteiger partial charge in [-0.05, 0) is 48.5 Å². The number of nitrogens with one attached hydrogen (secondary N) is 4. The van der Waals surface area contributed by atoms with Crippen LogP contribution >= 0.6 is 23.2 Å². The molecule has 8 rings (SSSR count). The number of aromatic nitrogens is 8. The van der Waals surface area contributed by atoms with Gasteiger partial charge >= 0.3 is 11.9 Å². The Balaban J connectivity index is 0.000000201. The minimum atomic E-state index is -1.06. The van der Waals surface area contributed by atoms with Crippen molar-refractivity contribution < 1.29 is 28.6 Å². The van der Waals surface area contributed by atoms with Crippen LogP contribution in [-0.2, 0) is 20.4 Å². The second-order valence-corrected chi connectivity index (χ2v) is 17.5. The molecule has 8 heterocycles. The highest BCUT2D eigenvalue weighted by atomic mass is 35.5. The van der Waals surface area contributed by atoms with Crippen LogP contribution in [0.15, 0.2) is 97.8 Å². The fourth-order valence-corrected chi connectivity index (χ4v) is 7.92. The van der Waals surface area contributed by atoms with Gasteiger partial charge in [0.15, 0.2) is 23.3 Å². The summed E-state index contributed by atoms with van der Waals surface area (Å²) in [6.45, 7) is 7.30. The molecule has 0 spiro atoms. The summed E-state index contributed by atoms with van der Waals surface area (Å²) in [6, 6.07) is 18.6. The molecular weight excluding hydrogens is 918 g/mol. The number of carboxylic acids is 2. The van der Waals surface area contributed by atoms with E-state index in [9.17, 15) is 30.3 Å². The summed E-state index contributed by atoms with van der Waals surface area (Å²) >= 11 is 12.2. The molecule has 344 valence electrons. The van der Waals surface area contributed by atoms with Crippen LogP contribution in [-0.4, -0.2) is 74.1 Å². The van der Waals surface area contributed by atoms with E-state index in [0.29, 0.717) is 54.6 Å². The lowest BCUT2D eigenvalue weighted by Crippen LogP contribution is -2.42. The van der Waals surface area contributed by atoms with Crippen molar-refractivity contribution in [2.24, 2.45) is 0 Å². The Morgan fingerprint density at radius 3 is 1.41 bits per heavy atom. The first-order chi connectivity index (χ1) is 32.4. The molecule has 6 N–H and O–H groups in total. The van der Waals surface area contributed by atoms with Crippen LogP contribution in [0, 0.1) is 34.3 Å². The van der Waals surface area contributed by atoms with E-state index >= 15 is 8.78 Å². The molecule has 0 aromatic carbocycles. The Labute approximate surface area is 397 Å². The van der Waals surface area contributed by atoms with Gasteiger partial charge in [0.1, 0.15) is 23.4 Å². The van der Waals surface area contributed by atoms with E-state index in [1.54, 1.807) is 73.3 Å². The van der Waals surface area contributed by atoms with Gasteiger partial charge in [-0.2, -0.15) is 10.5 Å². The van der Waals surface area contributed by atoms with Gasteiger partial charge in [-0.25, -0.2) is 28.7 Å². The molecule has 0 saturated heterocycles. The smallest absolute Gasteiger partial charge is 0.305 e. The maximum Gasteiger partial charge on any atom is 0.305 e. The van der Waals surface area contributed by atoms with Crippen molar-refractivity contribution in [3.63, 3.8) is 0 Å². The monoisotopic (exact) mass is 956 g/mol. The van der Waals surface area contributed by atoms with Crippen molar-refractivity contribution in [2.75, 3.05) is 10.6 Å². The van der Waals surface area contributed by atoms with Gasteiger partial charge in [-0.3, -0.25) is 19.6 Å². The van der Waals surface area contributed by atoms with E-state index in [0.717, 1.165) is 12.1 Å². The predicted molar refractivity (Wildman–Crippen MR) is 252 cm³/mol. The largest absolute Gasteiger partial charge is 0.481 e. The summed E-state index contributed by atoms with van der Waals surface area (Å²) in [4.78, 5) is 55.2. The molecule has 0 saturated carbocycles. The van der Waals surface area contributed by atoms with E-state index in [-0.39, 0.29) is 47.0 Å². The molecule has 8 aromatic rings. The van der Waals surface area contributed by atoms with Gasteiger partial charge in [0.25, 0.3) is 0 Å². The number of H-pyrrole nitrogens is 2. The average Bonchev–Trinajstić information content (AvgIpc) is 3.93.